The number of amides is 3. The van der Waals surface area contributed by atoms with Gasteiger partial charge in [0, 0.05) is 6.04 Å². The van der Waals surface area contributed by atoms with Crippen LogP contribution in [0.25, 0.3) is 0 Å². The normalized spacial score (nSPS) is 16.9. The van der Waals surface area contributed by atoms with Crippen LogP contribution in [0.1, 0.15) is 39.5 Å². The van der Waals surface area contributed by atoms with Crippen molar-refractivity contribution in [3.8, 4) is 0 Å². The van der Waals surface area contributed by atoms with Gasteiger partial charge in [0.15, 0.2) is 0 Å². The Morgan fingerprint density at radius 1 is 1.30 bits per heavy atom. The van der Waals surface area contributed by atoms with Gasteiger partial charge in [0.2, 0.25) is 5.91 Å². The number of aliphatic carboxylic acids is 1. The Hall–Kier alpha value is -1.79. The van der Waals surface area contributed by atoms with Crippen molar-refractivity contribution in [2.24, 2.45) is 11.7 Å². The Bertz CT molecular complexity index is 378. The van der Waals surface area contributed by atoms with Crippen LogP contribution in [0, 0.1) is 5.92 Å². The number of nitrogens with one attached hydrogen (secondary N) is 1. The number of nitrogens with two attached hydrogens (primary N) is 1. The van der Waals surface area contributed by atoms with Crippen LogP contribution in [0.3, 0.4) is 0 Å². The van der Waals surface area contributed by atoms with Crippen LogP contribution in [0.5, 0.6) is 0 Å². The fraction of sp³-hybridized carbons (Fsp3) is 0.769. The van der Waals surface area contributed by atoms with Gasteiger partial charge in [-0.25, -0.2) is 4.79 Å². The Balaban J connectivity index is 2.88. The summed E-state index contributed by atoms with van der Waals surface area (Å²) < 4.78 is 0. The molecule has 20 heavy (non-hydrogen) atoms. The molecule has 0 bridgehead atoms. The fourth-order valence-electron chi connectivity index (χ4n) is 2.59. The van der Waals surface area contributed by atoms with Gasteiger partial charge in [-0.2, -0.15) is 0 Å². The molecule has 0 aliphatic heterocycles. The maximum Gasteiger partial charge on any atom is 0.323 e. The molecule has 1 saturated carbocycles. The van der Waals surface area contributed by atoms with Crippen LogP contribution < -0.4 is 11.1 Å². The van der Waals surface area contributed by atoms with Crippen molar-refractivity contribution >= 4 is 17.9 Å². The molecule has 7 heteroatoms. The molecule has 4 N–H and O–H groups in total. The molecule has 1 aliphatic carbocycles. The highest BCUT2D eigenvalue weighted by molar-refractivity contribution is 5.89. The molecular weight excluding hydrogens is 262 g/mol. The largest absolute Gasteiger partial charge is 0.480 e. The maximum atomic E-state index is 12.5. The molecule has 1 rings (SSSR count). The highest BCUT2D eigenvalue weighted by Crippen LogP contribution is 2.24. The summed E-state index contributed by atoms with van der Waals surface area (Å²) in [7, 11) is 0. The van der Waals surface area contributed by atoms with Crippen molar-refractivity contribution in [1.29, 1.82) is 0 Å². The Morgan fingerprint density at radius 2 is 1.85 bits per heavy atom. The third-order valence-electron chi connectivity index (χ3n) is 3.58. The molecule has 1 aliphatic rings. The summed E-state index contributed by atoms with van der Waals surface area (Å²) in [6.45, 7) is 3.23. The maximum absolute atomic E-state index is 12.5. The van der Waals surface area contributed by atoms with Gasteiger partial charge < -0.3 is 21.1 Å². The summed E-state index contributed by atoms with van der Waals surface area (Å²) in [5.41, 5.74) is 5.09. The average Bonchev–Trinajstić information content (AvgIpc) is 2.85. The number of hydrogen-bond acceptors (Lipinski definition) is 3. The van der Waals surface area contributed by atoms with Gasteiger partial charge in [0.1, 0.15) is 12.6 Å². The molecule has 0 spiro atoms. The van der Waals surface area contributed by atoms with E-state index in [0.29, 0.717) is 0 Å². The van der Waals surface area contributed by atoms with Crippen LogP contribution in [-0.2, 0) is 9.59 Å². The smallest absolute Gasteiger partial charge is 0.323 e. The monoisotopic (exact) mass is 285 g/mol. The zero-order chi connectivity index (χ0) is 15.3. The first-order valence-electron chi connectivity index (χ1n) is 6.91. The lowest BCUT2D eigenvalue weighted by Gasteiger charge is -2.32. The molecule has 0 saturated heterocycles. The van der Waals surface area contributed by atoms with E-state index in [9.17, 15) is 14.4 Å². The SMILES string of the molecule is CC(C)C(NC(N)=O)C(=O)N(CC(=O)O)C1CCCC1. The first-order valence-corrected chi connectivity index (χ1v) is 6.91. The van der Waals surface area contributed by atoms with Gasteiger partial charge in [0.05, 0.1) is 0 Å². The van der Waals surface area contributed by atoms with Crippen molar-refractivity contribution in [1.82, 2.24) is 10.2 Å². The van der Waals surface area contributed by atoms with Crippen LogP contribution in [0.15, 0.2) is 0 Å². The lowest BCUT2D eigenvalue weighted by molar-refractivity contribution is -0.147. The van der Waals surface area contributed by atoms with Crippen LogP contribution in [0.2, 0.25) is 0 Å². The molecule has 1 fully saturated rings. The highest BCUT2D eigenvalue weighted by atomic mass is 16.4. The van der Waals surface area contributed by atoms with Crippen molar-refractivity contribution in [2.45, 2.75) is 51.6 Å². The van der Waals surface area contributed by atoms with E-state index in [-0.39, 0.29) is 24.4 Å². The fourth-order valence-corrected chi connectivity index (χ4v) is 2.59. The first kappa shape index (κ1) is 16.3. The number of primary amides is 1. The second kappa shape index (κ2) is 7.12. The zero-order valence-electron chi connectivity index (χ0n) is 12.0. The summed E-state index contributed by atoms with van der Waals surface area (Å²) >= 11 is 0. The second-order valence-electron chi connectivity index (χ2n) is 5.53. The minimum Gasteiger partial charge on any atom is -0.480 e. The molecular formula is C13H23N3O4. The van der Waals surface area contributed by atoms with Crippen LogP contribution in [-0.4, -0.2) is 46.5 Å². The quantitative estimate of drug-likeness (QED) is 0.660. The predicted octanol–water partition coefficient (Wildman–Crippen LogP) is 0.535. The number of carbonyl (C=O) groups excluding carboxylic acids is 2. The molecule has 0 radical (unpaired) electrons. The molecule has 1 atom stereocenters. The van der Waals surface area contributed by atoms with E-state index in [1.54, 1.807) is 13.8 Å². The number of nitrogens with zero attached hydrogens (tertiary/aromatic N) is 1. The highest BCUT2D eigenvalue weighted by Gasteiger charge is 2.34. The van der Waals surface area contributed by atoms with E-state index in [0.717, 1.165) is 25.7 Å². The average molecular weight is 285 g/mol. The summed E-state index contributed by atoms with van der Waals surface area (Å²) in [5, 5.41) is 11.4. The van der Waals surface area contributed by atoms with Gasteiger partial charge in [-0.05, 0) is 18.8 Å². The standard InChI is InChI=1S/C13H23N3O4/c1-8(2)11(15-13(14)20)12(19)16(7-10(17)18)9-5-3-4-6-9/h8-9,11H,3-7H2,1-2H3,(H,17,18)(H3,14,15,20). The van der Waals surface area contributed by atoms with Crippen LogP contribution >= 0.6 is 0 Å². The number of urea groups is 1. The first-order chi connectivity index (χ1) is 9.32. The van der Waals surface area contributed by atoms with Gasteiger partial charge in [-0.3, -0.25) is 9.59 Å². The van der Waals surface area contributed by atoms with E-state index >= 15 is 0 Å². The van der Waals surface area contributed by atoms with Crippen LogP contribution in [0.4, 0.5) is 4.79 Å². The number of carboxylic acids is 1. The number of carboxylic acid groups (broad SMARTS) is 1. The van der Waals surface area contributed by atoms with Crippen molar-refractivity contribution in [3.63, 3.8) is 0 Å². The minimum absolute atomic E-state index is 0.0606. The van der Waals surface area contributed by atoms with E-state index in [4.69, 9.17) is 10.8 Å². The molecule has 0 aromatic rings. The van der Waals surface area contributed by atoms with E-state index in [1.165, 1.54) is 4.90 Å². The summed E-state index contributed by atoms with van der Waals surface area (Å²) in [4.78, 5) is 35.9. The molecule has 0 aromatic carbocycles. The molecule has 0 heterocycles. The van der Waals surface area contributed by atoms with Gasteiger partial charge >= 0.3 is 12.0 Å². The Labute approximate surface area is 118 Å². The summed E-state index contributed by atoms with van der Waals surface area (Å²) in [5.74, 6) is -1.58. The van der Waals surface area contributed by atoms with Crippen molar-refractivity contribution < 1.29 is 19.5 Å². The Kier molecular flexibility index (Phi) is 5.79. The molecule has 0 aromatic heterocycles. The summed E-state index contributed by atoms with van der Waals surface area (Å²) in [6.07, 6.45) is 3.59. The molecule has 1 unspecified atom stereocenters. The van der Waals surface area contributed by atoms with Crippen molar-refractivity contribution in [3.05, 3.63) is 0 Å². The van der Waals surface area contributed by atoms with E-state index in [1.807, 2.05) is 0 Å². The lowest BCUT2D eigenvalue weighted by atomic mass is 10.0. The topological polar surface area (TPSA) is 113 Å². The second-order valence-corrected chi connectivity index (χ2v) is 5.53. The van der Waals surface area contributed by atoms with Crippen molar-refractivity contribution in [2.75, 3.05) is 6.54 Å². The zero-order valence-corrected chi connectivity index (χ0v) is 12.0. The number of hydrogen-bond donors (Lipinski definition) is 3. The van der Waals surface area contributed by atoms with Gasteiger partial charge in [-0.15, -0.1) is 0 Å². The summed E-state index contributed by atoms with van der Waals surface area (Å²) in [6, 6.07) is -1.62. The molecule has 7 nitrogen and oxygen atoms in total. The lowest BCUT2D eigenvalue weighted by Crippen LogP contribution is -2.55. The third-order valence-corrected chi connectivity index (χ3v) is 3.58. The van der Waals surface area contributed by atoms with E-state index in [2.05, 4.69) is 5.32 Å². The molecule has 114 valence electrons. The number of rotatable bonds is 6. The predicted molar refractivity (Wildman–Crippen MR) is 72.9 cm³/mol. The Morgan fingerprint density at radius 3 is 2.25 bits per heavy atom. The van der Waals surface area contributed by atoms with E-state index < -0.39 is 18.0 Å². The third kappa shape index (κ3) is 4.40. The van der Waals surface area contributed by atoms with Gasteiger partial charge in [-0.1, -0.05) is 26.7 Å². The number of carbonyl (C=O) groups is 3. The molecule has 3 amide bonds. The minimum atomic E-state index is -1.05. The van der Waals surface area contributed by atoms with Gasteiger partial charge in [0.25, 0.3) is 0 Å².